The molecule has 1 atom stereocenters. The summed E-state index contributed by atoms with van der Waals surface area (Å²) in [4.78, 5) is 2.49. The molecule has 0 saturated carbocycles. The second-order valence-corrected chi connectivity index (χ2v) is 4.21. The lowest BCUT2D eigenvalue weighted by Crippen LogP contribution is -2.29. The first kappa shape index (κ1) is 10.6. The molecule has 1 fully saturated rings. The largest absolute Gasteiger partial charge is 0.396 e. The maximum atomic E-state index is 8.83. The van der Waals surface area contributed by atoms with Crippen molar-refractivity contribution in [2.24, 2.45) is 0 Å². The van der Waals surface area contributed by atoms with Gasteiger partial charge in [-0.3, -0.25) is 10.00 Å². The van der Waals surface area contributed by atoms with Gasteiger partial charge in [0, 0.05) is 31.1 Å². The molecule has 15 heavy (non-hydrogen) atoms. The molecule has 1 saturated heterocycles. The van der Waals surface area contributed by atoms with Crippen molar-refractivity contribution in [2.75, 3.05) is 13.2 Å². The minimum atomic E-state index is 0.314. The number of H-pyrrole nitrogens is 1. The molecule has 0 radical (unpaired) electrons. The van der Waals surface area contributed by atoms with Crippen molar-refractivity contribution in [2.45, 2.75) is 38.3 Å². The molecular formula is C11H19N3O. The quantitative estimate of drug-likeness (QED) is 0.764. The van der Waals surface area contributed by atoms with Gasteiger partial charge in [0.15, 0.2) is 0 Å². The van der Waals surface area contributed by atoms with E-state index < -0.39 is 0 Å². The summed E-state index contributed by atoms with van der Waals surface area (Å²) in [7, 11) is 0. The van der Waals surface area contributed by atoms with Gasteiger partial charge in [-0.15, -0.1) is 0 Å². The molecular weight excluding hydrogens is 190 g/mol. The van der Waals surface area contributed by atoms with Crippen LogP contribution in [0.4, 0.5) is 0 Å². The standard InChI is InChI=1S/C11H19N3O/c15-8-2-4-11-3-1-7-14(11)9-10-5-6-12-13-10/h5-6,11,15H,1-4,7-9H2,(H,12,13). The third-order valence-corrected chi connectivity index (χ3v) is 3.13. The van der Waals surface area contributed by atoms with Gasteiger partial charge in [-0.05, 0) is 38.3 Å². The molecule has 1 aromatic rings. The first-order chi connectivity index (χ1) is 7.40. The van der Waals surface area contributed by atoms with E-state index in [1.165, 1.54) is 25.1 Å². The summed E-state index contributed by atoms with van der Waals surface area (Å²) in [5.74, 6) is 0. The van der Waals surface area contributed by atoms with E-state index in [-0.39, 0.29) is 0 Å². The van der Waals surface area contributed by atoms with Gasteiger partial charge in [-0.25, -0.2) is 0 Å². The van der Waals surface area contributed by atoms with Crippen molar-refractivity contribution >= 4 is 0 Å². The van der Waals surface area contributed by atoms with Crippen LogP contribution in [-0.4, -0.2) is 39.4 Å². The van der Waals surface area contributed by atoms with Gasteiger partial charge >= 0.3 is 0 Å². The van der Waals surface area contributed by atoms with E-state index in [0.717, 1.165) is 19.4 Å². The average Bonchev–Trinajstić information content (AvgIpc) is 2.87. The minimum Gasteiger partial charge on any atom is -0.396 e. The fourth-order valence-electron chi connectivity index (χ4n) is 2.35. The van der Waals surface area contributed by atoms with Gasteiger partial charge in [-0.2, -0.15) is 5.10 Å². The van der Waals surface area contributed by atoms with E-state index in [1.54, 1.807) is 6.20 Å². The smallest absolute Gasteiger partial charge is 0.0492 e. The highest BCUT2D eigenvalue weighted by Gasteiger charge is 2.23. The zero-order valence-electron chi connectivity index (χ0n) is 9.02. The van der Waals surface area contributed by atoms with Crippen LogP contribution in [-0.2, 0) is 6.54 Å². The van der Waals surface area contributed by atoms with Crippen molar-refractivity contribution in [3.05, 3.63) is 18.0 Å². The Morgan fingerprint density at radius 1 is 1.60 bits per heavy atom. The molecule has 4 nitrogen and oxygen atoms in total. The summed E-state index contributed by atoms with van der Waals surface area (Å²) < 4.78 is 0. The van der Waals surface area contributed by atoms with Crippen LogP contribution < -0.4 is 0 Å². The van der Waals surface area contributed by atoms with Gasteiger partial charge in [-0.1, -0.05) is 0 Å². The van der Waals surface area contributed by atoms with Crippen molar-refractivity contribution in [1.29, 1.82) is 0 Å². The van der Waals surface area contributed by atoms with Crippen molar-refractivity contribution in [1.82, 2.24) is 15.1 Å². The number of nitrogens with zero attached hydrogens (tertiary/aromatic N) is 2. The summed E-state index contributed by atoms with van der Waals surface area (Å²) in [6.45, 7) is 2.46. The number of rotatable bonds is 5. The second kappa shape index (κ2) is 5.28. The van der Waals surface area contributed by atoms with Crippen molar-refractivity contribution in [3.63, 3.8) is 0 Å². The fraction of sp³-hybridized carbons (Fsp3) is 0.727. The molecule has 84 valence electrons. The summed E-state index contributed by atoms with van der Waals surface area (Å²) >= 11 is 0. The summed E-state index contributed by atoms with van der Waals surface area (Å²) in [5, 5.41) is 15.8. The van der Waals surface area contributed by atoms with Crippen LogP contribution in [0, 0.1) is 0 Å². The maximum Gasteiger partial charge on any atom is 0.0492 e. The summed E-state index contributed by atoms with van der Waals surface area (Å²) in [5.41, 5.74) is 1.19. The molecule has 2 N–H and O–H groups in total. The van der Waals surface area contributed by atoms with E-state index in [2.05, 4.69) is 15.1 Å². The lowest BCUT2D eigenvalue weighted by Gasteiger charge is -2.23. The normalized spacial score (nSPS) is 22.3. The fourth-order valence-corrected chi connectivity index (χ4v) is 2.35. The molecule has 4 heteroatoms. The van der Waals surface area contributed by atoms with E-state index in [4.69, 9.17) is 5.11 Å². The van der Waals surface area contributed by atoms with Crippen molar-refractivity contribution in [3.8, 4) is 0 Å². The molecule has 1 unspecified atom stereocenters. The Kier molecular flexibility index (Phi) is 3.75. The Morgan fingerprint density at radius 2 is 2.53 bits per heavy atom. The maximum absolute atomic E-state index is 8.83. The Bertz CT molecular complexity index is 273. The predicted molar refractivity (Wildman–Crippen MR) is 58.3 cm³/mol. The summed E-state index contributed by atoms with van der Waals surface area (Å²) in [6.07, 6.45) is 6.39. The predicted octanol–water partition coefficient (Wildman–Crippen LogP) is 1.15. The number of nitrogens with one attached hydrogen (secondary N) is 1. The van der Waals surface area contributed by atoms with Crippen LogP contribution in [0.1, 0.15) is 31.4 Å². The van der Waals surface area contributed by atoms with E-state index in [9.17, 15) is 0 Å². The van der Waals surface area contributed by atoms with Crippen molar-refractivity contribution < 1.29 is 5.11 Å². The van der Waals surface area contributed by atoms with Crippen LogP contribution >= 0.6 is 0 Å². The first-order valence-corrected chi connectivity index (χ1v) is 5.73. The highest BCUT2D eigenvalue weighted by atomic mass is 16.2. The SMILES string of the molecule is OCCCC1CCCN1Cc1ccn[nH]1. The molecule has 0 aromatic carbocycles. The minimum absolute atomic E-state index is 0.314. The van der Waals surface area contributed by atoms with E-state index >= 15 is 0 Å². The molecule has 1 aliphatic heterocycles. The zero-order chi connectivity index (χ0) is 10.5. The topological polar surface area (TPSA) is 52.1 Å². The molecule has 1 aromatic heterocycles. The van der Waals surface area contributed by atoms with Gasteiger partial charge in [0.1, 0.15) is 0 Å². The van der Waals surface area contributed by atoms with Crippen LogP contribution in [0.2, 0.25) is 0 Å². The highest BCUT2D eigenvalue weighted by molar-refractivity contribution is 4.98. The molecule has 0 spiro atoms. The van der Waals surface area contributed by atoms with Gasteiger partial charge in [0.25, 0.3) is 0 Å². The number of likely N-dealkylation sites (tertiary alicyclic amines) is 1. The number of hydrogen-bond acceptors (Lipinski definition) is 3. The Morgan fingerprint density at radius 3 is 3.27 bits per heavy atom. The summed E-state index contributed by atoms with van der Waals surface area (Å²) in [6, 6.07) is 2.68. The number of aliphatic hydroxyl groups excluding tert-OH is 1. The van der Waals surface area contributed by atoms with Gasteiger partial charge < -0.3 is 5.11 Å². The number of aromatic amines is 1. The Labute approximate surface area is 90.3 Å². The zero-order valence-corrected chi connectivity index (χ0v) is 9.02. The lowest BCUT2D eigenvalue weighted by molar-refractivity contribution is 0.208. The molecule has 0 bridgehead atoms. The highest BCUT2D eigenvalue weighted by Crippen LogP contribution is 2.22. The number of aliphatic hydroxyl groups is 1. The molecule has 1 aliphatic rings. The molecule has 0 amide bonds. The van der Waals surface area contributed by atoms with Gasteiger partial charge in [0.2, 0.25) is 0 Å². The third-order valence-electron chi connectivity index (χ3n) is 3.13. The van der Waals surface area contributed by atoms with Crippen LogP contribution in [0.25, 0.3) is 0 Å². The van der Waals surface area contributed by atoms with E-state index in [0.29, 0.717) is 12.6 Å². The molecule has 0 aliphatic carbocycles. The Balaban J connectivity index is 1.85. The van der Waals surface area contributed by atoms with Crippen LogP contribution in [0.5, 0.6) is 0 Å². The number of hydrogen-bond donors (Lipinski definition) is 2. The molecule has 2 heterocycles. The molecule has 2 rings (SSSR count). The monoisotopic (exact) mass is 209 g/mol. The lowest BCUT2D eigenvalue weighted by atomic mass is 10.1. The van der Waals surface area contributed by atoms with Crippen LogP contribution in [0.15, 0.2) is 12.3 Å². The average molecular weight is 209 g/mol. The number of aromatic nitrogens is 2. The first-order valence-electron chi connectivity index (χ1n) is 5.73. The third kappa shape index (κ3) is 2.79. The second-order valence-electron chi connectivity index (χ2n) is 4.21. The van der Waals surface area contributed by atoms with Crippen LogP contribution in [0.3, 0.4) is 0 Å². The Hall–Kier alpha value is -0.870. The van der Waals surface area contributed by atoms with E-state index in [1.807, 2.05) is 6.07 Å². The van der Waals surface area contributed by atoms with Gasteiger partial charge in [0.05, 0.1) is 0 Å².